The molecule has 2 aliphatic rings. The maximum absolute atomic E-state index is 15.6. The van der Waals surface area contributed by atoms with Crippen molar-refractivity contribution in [1.29, 1.82) is 5.26 Å². The summed E-state index contributed by atoms with van der Waals surface area (Å²) in [5.74, 6) is -3.48. The Morgan fingerprint density at radius 1 is 1.19 bits per heavy atom. The Bertz CT molecular complexity index is 1510. The lowest BCUT2D eigenvalue weighted by atomic mass is 9.76. The molecular formula is C29H29F3N5O5+. The van der Waals surface area contributed by atoms with E-state index in [1.54, 1.807) is 20.8 Å². The van der Waals surface area contributed by atoms with Gasteiger partial charge in [-0.2, -0.15) is 5.26 Å². The van der Waals surface area contributed by atoms with Gasteiger partial charge in [-0.25, -0.2) is 22.8 Å². The Morgan fingerprint density at radius 3 is 2.40 bits per heavy atom. The molecule has 0 saturated carbocycles. The molecule has 1 N–H and O–H groups in total. The molecule has 2 aliphatic heterocycles. The van der Waals surface area contributed by atoms with Crippen molar-refractivity contribution in [3.8, 4) is 23.8 Å². The van der Waals surface area contributed by atoms with E-state index in [4.69, 9.17) is 16.0 Å². The van der Waals surface area contributed by atoms with Gasteiger partial charge >= 0.3 is 18.2 Å². The molecule has 3 amide bonds. The van der Waals surface area contributed by atoms with Crippen LogP contribution in [0, 0.1) is 35.4 Å². The predicted octanol–water partition coefficient (Wildman–Crippen LogP) is 4.58. The van der Waals surface area contributed by atoms with Crippen LogP contribution in [-0.4, -0.2) is 66.9 Å². The van der Waals surface area contributed by atoms with E-state index in [0.29, 0.717) is 0 Å². The summed E-state index contributed by atoms with van der Waals surface area (Å²) < 4.78 is 57.0. The third kappa shape index (κ3) is 5.81. The molecule has 0 aliphatic carbocycles. The molecule has 0 bridgehead atoms. The van der Waals surface area contributed by atoms with Crippen LogP contribution in [0.4, 0.5) is 28.4 Å². The second kappa shape index (κ2) is 11.2. The zero-order valence-corrected chi connectivity index (χ0v) is 23.4. The number of halogens is 3. The van der Waals surface area contributed by atoms with Crippen molar-refractivity contribution in [3.05, 3.63) is 58.2 Å². The third-order valence-corrected chi connectivity index (χ3v) is 6.95. The van der Waals surface area contributed by atoms with Crippen LogP contribution >= 0.6 is 0 Å². The zero-order valence-electron chi connectivity index (χ0n) is 23.4. The summed E-state index contributed by atoms with van der Waals surface area (Å²) >= 11 is 0. The number of carbonyl (C=O) groups is 3. The quantitative estimate of drug-likeness (QED) is 0.550. The number of nitrogens with zero attached hydrogens (tertiary/aromatic N) is 4. The van der Waals surface area contributed by atoms with Gasteiger partial charge in [0, 0.05) is 12.5 Å². The van der Waals surface area contributed by atoms with E-state index in [-0.39, 0.29) is 42.4 Å². The average Bonchev–Trinajstić information content (AvgIpc) is 3.46. The SMILES string of the molecule is C#[N+][C@@H]1CN(C(=O)OC(C)(C)C)C[C@]1(C#N)c1c(F)cc(-c2ccc(N3C[C@H](CNC(C)=O)OC3=O)cc2F)cc1F. The number of benzene rings is 2. The number of hydrogen-bond donors (Lipinski definition) is 1. The number of cyclic esters (lactones) is 1. The summed E-state index contributed by atoms with van der Waals surface area (Å²) in [6.45, 7) is 11.3. The predicted molar refractivity (Wildman–Crippen MR) is 145 cm³/mol. The molecule has 10 nitrogen and oxygen atoms in total. The van der Waals surface area contributed by atoms with Crippen LogP contribution in [0.15, 0.2) is 30.3 Å². The molecular weight excluding hydrogens is 555 g/mol. The van der Waals surface area contributed by atoms with Crippen molar-refractivity contribution in [2.75, 3.05) is 31.1 Å². The Labute approximate surface area is 240 Å². The first-order chi connectivity index (χ1) is 19.7. The molecule has 2 heterocycles. The number of anilines is 1. The van der Waals surface area contributed by atoms with Crippen LogP contribution in [0.5, 0.6) is 0 Å². The smallest absolute Gasteiger partial charge is 0.414 e. The molecule has 42 heavy (non-hydrogen) atoms. The highest BCUT2D eigenvalue weighted by molar-refractivity contribution is 5.90. The molecule has 4 rings (SSSR count). The fourth-order valence-corrected chi connectivity index (χ4v) is 5.04. The van der Waals surface area contributed by atoms with Crippen LogP contribution in [0.1, 0.15) is 33.3 Å². The van der Waals surface area contributed by atoms with Crippen molar-refractivity contribution in [2.45, 2.75) is 50.9 Å². The number of amides is 3. The van der Waals surface area contributed by atoms with Gasteiger partial charge in [0.05, 0.1) is 37.0 Å². The molecule has 220 valence electrons. The lowest BCUT2D eigenvalue weighted by Crippen LogP contribution is -2.39. The maximum atomic E-state index is 15.6. The molecule has 0 aromatic heterocycles. The van der Waals surface area contributed by atoms with E-state index in [9.17, 15) is 19.6 Å². The van der Waals surface area contributed by atoms with E-state index >= 15 is 13.2 Å². The zero-order chi connectivity index (χ0) is 31.0. The number of rotatable bonds is 5. The van der Waals surface area contributed by atoms with Crippen LogP contribution in [0.25, 0.3) is 16.0 Å². The number of carbonyl (C=O) groups excluding carboxylic acids is 3. The van der Waals surface area contributed by atoms with Crippen molar-refractivity contribution >= 4 is 23.8 Å². The van der Waals surface area contributed by atoms with Gasteiger partial charge in [-0.05, 0) is 56.7 Å². The molecule has 0 spiro atoms. The Balaban J connectivity index is 1.63. The van der Waals surface area contributed by atoms with E-state index in [2.05, 4.69) is 10.2 Å². The van der Waals surface area contributed by atoms with Gasteiger partial charge in [0.25, 0.3) is 6.57 Å². The topological polar surface area (TPSA) is 116 Å². The van der Waals surface area contributed by atoms with Crippen LogP contribution in [0.3, 0.4) is 0 Å². The molecule has 2 saturated heterocycles. The normalized spacial score (nSPS) is 21.9. The van der Waals surface area contributed by atoms with Gasteiger partial charge < -0.3 is 14.8 Å². The molecule has 2 fully saturated rings. The van der Waals surface area contributed by atoms with Gasteiger partial charge in [0.1, 0.15) is 35.7 Å². The van der Waals surface area contributed by atoms with Crippen LogP contribution in [0.2, 0.25) is 0 Å². The Hall–Kier alpha value is -4.78. The van der Waals surface area contributed by atoms with Crippen molar-refractivity contribution in [3.63, 3.8) is 0 Å². The first-order valence-electron chi connectivity index (χ1n) is 13.0. The van der Waals surface area contributed by atoms with Gasteiger partial charge in [-0.15, -0.1) is 0 Å². The van der Waals surface area contributed by atoms with Gasteiger partial charge in [0.15, 0.2) is 5.41 Å². The van der Waals surface area contributed by atoms with E-state index in [1.165, 1.54) is 24.0 Å². The fraction of sp³-hybridized carbons (Fsp3) is 0.414. The lowest BCUT2D eigenvalue weighted by Gasteiger charge is -2.25. The van der Waals surface area contributed by atoms with Crippen LogP contribution in [-0.2, 0) is 19.7 Å². The molecule has 0 radical (unpaired) electrons. The lowest BCUT2D eigenvalue weighted by molar-refractivity contribution is -0.119. The number of hydrogen-bond acceptors (Lipinski definition) is 6. The average molecular weight is 585 g/mol. The van der Waals surface area contributed by atoms with Crippen molar-refractivity contribution in [1.82, 2.24) is 10.2 Å². The van der Waals surface area contributed by atoms with E-state index in [0.717, 1.165) is 23.1 Å². The second-order valence-electron chi connectivity index (χ2n) is 11.1. The standard InChI is InChI=1S/C29H28F3N5O5/c1-16(38)35-11-19-12-37(27(40)41-19)18-6-7-20(21(30)10-18)17-8-22(31)25(23(32)9-17)29(14-33)15-36(13-24(29)34-5)26(39)42-28(2,3)4/h5-10,19,24H,11-13,15H2,1-4H3/p+1/t19-,24+,29-/m0/s1. The highest BCUT2D eigenvalue weighted by Gasteiger charge is 2.59. The van der Waals surface area contributed by atoms with Gasteiger partial charge in [0.2, 0.25) is 5.91 Å². The third-order valence-electron chi connectivity index (χ3n) is 6.95. The van der Waals surface area contributed by atoms with Crippen molar-refractivity contribution < 1.29 is 37.0 Å². The maximum Gasteiger partial charge on any atom is 0.414 e. The van der Waals surface area contributed by atoms with Gasteiger partial charge in [-0.3, -0.25) is 14.6 Å². The highest BCUT2D eigenvalue weighted by Crippen LogP contribution is 2.41. The summed E-state index contributed by atoms with van der Waals surface area (Å²) in [7, 11) is 0. The summed E-state index contributed by atoms with van der Waals surface area (Å²) in [4.78, 5) is 42.0. The first kappa shape index (κ1) is 30.2. The minimum absolute atomic E-state index is 0.0553. The summed E-state index contributed by atoms with van der Waals surface area (Å²) in [6, 6.07) is 6.17. The summed E-state index contributed by atoms with van der Waals surface area (Å²) in [5.41, 5.74) is -3.66. The molecule has 0 unspecified atom stereocenters. The highest BCUT2D eigenvalue weighted by atomic mass is 19.1. The molecule has 13 heteroatoms. The summed E-state index contributed by atoms with van der Waals surface area (Å²) in [6.07, 6.45) is -2.17. The molecule has 2 aromatic carbocycles. The monoisotopic (exact) mass is 584 g/mol. The minimum Gasteiger partial charge on any atom is -0.444 e. The minimum atomic E-state index is -1.97. The molecule has 2 aromatic rings. The van der Waals surface area contributed by atoms with Crippen molar-refractivity contribution in [2.24, 2.45) is 0 Å². The summed E-state index contributed by atoms with van der Waals surface area (Å²) in [5, 5.41) is 12.7. The molecule has 3 atom stereocenters. The fourth-order valence-electron chi connectivity index (χ4n) is 5.04. The van der Waals surface area contributed by atoms with Crippen LogP contribution < -0.4 is 10.2 Å². The Kier molecular flexibility index (Phi) is 8.08. The number of nitrogens with one attached hydrogen (secondary N) is 1. The van der Waals surface area contributed by atoms with Gasteiger partial charge in [-0.1, -0.05) is 4.85 Å². The van der Waals surface area contributed by atoms with E-state index < -0.39 is 64.9 Å². The van der Waals surface area contributed by atoms with E-state index in [1.807, 2.05) is 6.07 Å². The number of nitriles is 1. The second-order valence-corrected chi connectivity index (χ2v) is 11.1. The largest absolute Gasteiger partial charge is 0.444 e. The Morgan fingerprint density at radius 2 is 1.86 bits per heavy atom. The first-order valence-corrected chi connectivity index (χ1v) is 13.0. The number of ether oxygens (including phenoxy) is 2. The number of likely N-dealkylation sites (tertiary alicyclic amines) is 1.